The summed E-state index contributed by atoms with van der Waals surface area (Å²) >= 11 is 1.76. The van der Waals surface area contributed by atoms with Crippen molar-refractivity contribution in [2.75, 3.05) is 27.2 Å². The van der Waals surface area contributed by atoms with Crippen LogP contribution in [0, 0.1) is 6.92 Å². The minimum absolute atomic E-state index is 0.0124. The first-order chi connectivity index (χ1) is 13.9. The van der Waals surface area contributed by atoms with Crippen LogP contribution >= 0.6 is 11.3 Å². The fourth-order valence-electron chi connectivity index (χ4n) is 3.70. The zero-order valence-corrected chi connectivity index (χ0v) is 17.7. The summed E-state index contributed by atoms with van der Waals surface area (Å²) in [6.07, 6.45) is 1.82. The lowest BCUT2D eigenvalue weighted by atomic mass is 9.97. The minimum Gasteiger partial charge on any atom is -0.343 e. The summed E-state index contributed by atoms with van der Waals surface area (Å²) in [5, 5.41) is 1.17. The summed E-state index contributed by atoms with van der Waals surface area (Å²) in [6.45, 7) is 3.20. The Morgan fingerprint density at radius 3 is 2.45 bits per heavy atom. The minimum atomic E-state index is -0.163. The number of rotatable bonds is 3. The molecule has 0 saturated carbocycles. The van der Waals surface area contributed by atoms with E-state index < -0.39 is 0 Å². The van der Waals surface area contributed by atoms with Gasteiger partial charge in [0, 0.05) is 33.1 Å². The molecule has 0 bridgehead atoms. The number of aryl methyl sites for hydroxylation is 1. The van der Waals surface area contributed by atoms with E-state index in [1.807, 2.05) is 17.0 Å². The number of aromatic nitrogens is 2. The lowest BCUT2D eigenvalue weighted by Gasteiger charge is -2.31. The third-order valence-electron chi connectivity index (χ3n) is 5.38. The van der Waals surface area contributed by atoms with Gasteiger partial charge < -0.3 is 9.80 Å². The highest BCUT2D eigenvalue weighted by atomic mass is 32.1. The Hall–Kier alpha value is -2.80. The van der Waals surface area contributed by atoms with E-state index >= 15 is 0 Å². The maximum atomic E-state index is 13.0. The van der Waals surface area contributed by atoms with Crippen LogP contribution in [-0.4, -0.2) is 58.8 Å². The van der Waals surface area contributed by atoms with Crippen LogP contribution in [0.3, 0.4) is 0 Å². The molecular weight excluding hydrogens is 384 g/mol. The maximum absolute atomic E-state index is 13.0. The number of thiazole rings is 1. The zero-order valence-electron chi connectivity index (χ0n) is 16.9. The molecule has 29 heavy (non-hydrogen) atoms. The molecule has 0 spiro atoms. The van der Waals surface area contributed by atoms with Crippen molar-refractivity contribution < 1.29 is 9.59 Å². The van der Waals surface area contributed by atoms with E-state index in [2.05, 4.69) is 17.1 Å². The highest BCUT2D eigenvalue weighted by Gasteiger charge is 2.27. The number of pyridine rings is 1. The number of hydrogen-bond donors (Lipinski definition) is 0. The first-order valence-corrected chi connectivity index (χ1v) is 10.6. The van der Waals surface area contributed by atoms with Crippen molar-refractivity contribution in [3.8, 4) is 0 Å². The van der Waals surface area contributed by atoms with Crippen LogP contribution in [0.25, 0.3) is 10.2 Å². The van der Waals surface area contributed by atoms with Gasteiger partial charge in [-0.05, 0) is 44.0 Å². The van der Waals surface area contributed by atoms with E-state index in [9.17, 15) is 9.59 Å². The van der Waals surface area contributed by atoms with Gasteiger partial charge in [0.2, 0.25) is 0 Å². The summed E-state index contributed by atoms with van der Waals surface area (Å²) < 4.78 is 1.22. The number of fused-ring (bicyclic) bond motifs is 1. The summed E-state index contributed by atoms with van der Waals surface area (Å²) in [4.78, 5) is 37.6. The van der Waals surface area contributed by atoms with Gasteiger partial charge in [-0.2, -0.15) is 0 Å². The van der Waals surface area contributed by atoms with Crippen molar-refractivity contribution in [2.24, 2.45) is 0 Å². The Labute approximate surface area is 174 Å². The number of carbonyl (C=O) groups is 2. The molecule has 1 saturated heterocycles. The average molecular weight is 409 g/mol. The molecule has 1 aromatic carbocycles. The molecule has 6 nitrogen and oxygen atoms in total. The van der Waals surface area contributed by atoms with Crippen LogP contribution in [0.5, 0.6) is 0 Å². The van der Waals surface area contributed by atoms with Gasteiger partial charge >= 0.3 is 0 Å². The van der Waals surface area contributed by atoms with Gasteiger partial charge in [0.15, 0.2) is 0 Å². The smallest absolute Gasteiger partial charge is 0.271 e. The lowest BCUT2D eigenvalue weighted by molar-refractivity contribution is 0.0710. The fraction of sp³-hybridized carbons (Fsp3) is 0.364. The molecule has 0 unspecified atom stereocenters. The van der Waals surface area contributed by atoms with Crippen molar-refractivity contribution in [1.82, 2.24) is 19.8 Å². The highest BCUT2D eigenvalue weighted by Crippen LogP contribution is 2.34. The second-order valence-corrected chi connectivity index (χ2v) is 8.68. The molecule has 3 heterocycles. The first kappa shape index (κ1) is 19.5. The fourth-order valence-corrected chi connectivity index (χ4v) is 4.84. The van der Waals surface area contributed by atoms with Crippen molar-refractivity contribution in [3.63, 3.8) is 0 Å². The van der Waals surface area contributed by atoms with Gasteiger partial charge in [0.1, 0.15) is 5.69 Å². The van der Waals surface area contributed by atoms with Gasteiger partial charge in [-0.15, -0.1) is 11.3 Å². The monoisotopic (exact) mass is 408 g/mol. The highest BCUT2D eigenvalue weighted by molar-refractivity contribution is 7.18. The third kappa shape index (κ3) is 3.87. The summed E-state index contributed by atoms with van der Waals surface area (Å²) in [5.74, 6) is 0.223. The second kappa shape index (κ2) is 7.91. The predicted octanol–water partition coefficient (Wildman–Crippen LogP) is 3.72. The van der Waals surface area contributed by atoms with Gasteiger partial charge in [0.25, 0.3) is 11.8 Å². The average Bonchev–Trinajstić information content (AvgIpc) is 3.17. The Balaban J connectivity index is 1.44. The quantitative estimate of drug-likeness (QED) is 0.662. The molecule has 1 aliphatic rings. The van der Waals surface area contributed by atoms with Crippen molar-refractivity contribution >= 4 is 33.4 Å². The number of benzene rings is 1. The van der Waals surface area contributed by atoms with E-state index in [4.69, 9.17) is 4.98 Å². The van der Waals surface area contributed by atoms with Gasteiger partial charge in [-0.3, -0.25) is 9.59 Å². The zero-order chi connectivity index (χ0) is 20.5. The molecule has 0 aliphatic carbocycles. The van der Waals surface area contributed by atoms with E-state index in [-0.39, 0.29) is 11.8 Å². The summed E-state index contributed by atoms with van der Waals surface area (Å²) in [5.41, 5.74) is 2.58. The molecule has 2 amide bonds. The van der Waals surface area contributed by atoms with Crippen molar-refractivity contribution in [2.45, 2.75) is 25.7 Å². The van der Waals surface area contributed by atoms with E-state index in [0.29, 0.717) is 36.0 Å². The maximum Gasteiger partial charge on any atom is 0.271 e. The van der Waals surface area contributed by atoms with Crippen LogP contribution in [0.15, 0.2) is 36.4 Å². The SMILES string of the molecule is Cc1nc(C(=O)N(C)C)ccc1C(=O)N1CCC(c2nc3ccccc3s2)CC1. The standard InChI is InChI=1S/C22H24N4O2S/c1-14-16(8-9-18(23-14)22(28)25(2)3)21(27)26-12-10-15(11-13-26)20-24-17-6-4-5-7-19(17)29-20/h4-9,15H,10-13H2,1-3H3. The van der Waals surface area contributed by atoms with Crippen LogP contribution in [0.4, 0.5) is 0 Å². The van der Waals surface area contributed by atoms with Gasteiger partial charge in [0.05, 0.1) is 26.5 Å². The Kier molecular flexibility index (Phi) is 5.32. The topological polar surface area (TPSA) is 66.4 Å². The van der Waals surface area contributed by atoms with Gasteiger partial charge in [-0.25, -0.2) is 9.97 Å². The van der Waals surface area contributed by atoms with Crippen molar-refractivity contribution in [3.05, 3.63) is 58.4 Å². The number of nitrogens with zero attached hydrogens (tertiary/aromatic N) is 4. The number of likely N-dealkylation sites (tertiary alicyclic amines) is 1. The number of para-hydroxylation sites is 1. The molecule has 3 aromatic rings. The van der Waals surface area contributed by atoms with Crippen LogP contribution in [-0.2, 0) is 0 Å². The Morgan fingerprint density at radius 1 is 1.07 bits per heavy atom. The molecule has 1 fully saturated rings. The number of amides is 2. The van der Waals surface area contributed by atoms with Crippen molar-refractivity contribution in [1.29, 1.82) is 0 Å². The molecule has 2 aromatic heterocycles. The van der Waals surface area contributed by atoms with Crippen LogP contribution in [0.1, 0.15) is 50.3 Å². The molecule has 150 valence electrons. The van der Waals surface area contributed by atoms with Crippen LogP contribution in [0.2, 0.25) is 0 Å². The number of hydrogen-bond acceptors (Lipinski definition) is 5. The molecule has 1 aliphatic heterocycles. The summed E-state index contributed by atoms with van der Waals surface area (Å²) in [6, 6.07) is 11.6. The largest absolute Gasteiger partial charge is 0.343 e. The lowest BCUT2D eigenvalue weighted by Crippen LogP contribution is -2.38. The number of piperidine rings is 1. The van der Waals surface area contributed by atoms with E-state index in [1.54, 1.807) is 44.5 Å². The predicted molar refractivity (Wildman–Crippen MR) is 114 cm³/mol. The van der Waals surface area contributed by atoms with Gasteiger partial charge in [-0.1, -0.05) is 12.1 Å². The normalized spacial score (nSPS) is 14.9. The number of carbonyl (C=O) groups excluding carboxylic acids is 2. The van der Waals surface area contributed by atoms with Crippen LogP contribution < -0.4 is 0 Å². The van der Waals surface area contributed by atoms with E-state index in [1.165, 1.54) is 14.6 Å². The Bertz CT molecular complexity index is 1030. The summed E-state index contributed by atoms with van der Waals surface area (Å²) in [7, 11) is 3.38. The molecule has 4 rings (SSSR count). The molecule has 0 N–H and O–H groups in total. The molecule has 7 heteroatoms. The third-order valence-corrected chi connectivity index (χ3v) is 6.58. The molecule has 0 atom stereocenters. The van der Waals surface area contributed by atoms with E-state index in [0.717, 1.165) is 18.4 Å². The Morgan fingerprint density at radius 2 is 1.79 bits per heavy atom. The second-order valence-electron chi connectivity index (χ2n) is 7.62. The molecular formula is C22H24N4O2S. The molecule has 0 radical (unpaired) electrons. The first-order valence-electron chi connectivity index (χ1n) is 9.78.